The molecular weight excluding hydrogens is 246 g/mol. The number of aliphatic hydroxyl groups excluding tert-OH is 1. The van der Waals surface area contributed by atoms with Crippen LogP contribution in [0.1, 0.15) is 32.1 Å². The van der Waals surface area contributed by atoms with Crippen LogP contribution in [-0.2, 0) is 9.63 Å². The first kappa shape index (κ1) is 14.3. The topological polar surface area (TPSA) is 88.2 Å². The van der Waals surface area contributed by atoms with Crippen molar-refractivity contribution in [3.8, 4) is 0 Å². The molecule has 0 bridgehead atoms. The first-order chi connectivity index (χ1) is 9.17. The van der Waals surface area contributed by atoms with E-state index in [1.165, 1.54) is 7.11 Å². The number of oxime groups is 1. The average molecular weight is 269 g/mol. The molecule has 0 aromatic rings. The van der Waals surface area contributed by atoms with Crippen molar-refractivity contribution in [3.63, 3.8) is 0 Å². The van der Waals surface area contributed by atoms with Crippen molar-refractivity contribution >= 4 is 11.6 Å². The molecule has 1 heterocycles. The molecule has 108 valence electrons. The maximum atomic E-state index is 11.6. The number of nitrogens with two attached hydrogens (primary N) is 1. The molecule has 1 unspecified atom stereocenters. The summed E-state index contributed by atoms with van der Waals surface area (Å²) in [5, 5.41) is 13.5. The van der Waals surface area contributed by atoms with E-state index in [-0.39, 0.29) is 30.5 Å². The molecular formula is C13H23N3O3. The monoisotopic (exact) mass is 269 g/mol. The number of hydrogen-bond donors (Lipinski definition) is 2. The van der Waals surface area contributed by atoms with Crippen molar-refractivity contribution in [2.45, 2.75) is 44.2 Å². The summed E-state index contributed by atoms with van der Waals surface area (Å²) in [6, 6.07) is -0.0909. The van der Waals surface area contributed by atoms with E-state index in [0.29, 0.717) is 13.0 Å². The summed E-state index contributed by atoms with van der Waals surface area (Å²) in [6.07, 6.45) is 4.85. The largest absolute Gasteiger partial charge is 0.399 e. The zero-order valence-electron chi connectivity index (χ0n) is 11.4. The molecule has 1 aliphatic heterocycles. The number of rotatable bonds is 4. The molecule has 19 heavy (non-hydrogen) atoms. The Kier molecular flexibility index (Phi) is 4.76. The Balaban J connectivity index is 2.15. The number of amides is 1. The number of carbonyl (C=O) groups is 1. The quantitative estimate of drug-likeness (QED) is 0.708. The van der Waals surface area contributed by atoms with Gasteiger partial charge in [0, 0.05) is 25.6 Å². The molecule has 1 amide bonds. The van der Waals surface area contributed by atoms with E-state index in [2.05, 4.69) is 10.1 Å². The number of hydrogen-bond acceptors (Lipinski definition) is 5. The highest BCUT2D eigenvalue weighted by Crippen LogP contribution is 2.32. The fourth-order valence-corrected chi connectivity index (χ4v) is 3.37. The van der Waals surface area contributed by atoms with Gasteiger partial charge in [0.2, 0.25) is 5.91 Å². The molecule has 2 fully saturated rings. The van der Waals surface area contributed by atoms with Crippen LogP contribution in [-0.4, -0.2) is 54.0 Å². The molecule has 3 N–H and O–H groups in total. The van der Waals surface area contributed by atoms with Gasteiger partial charge >= 0.3 is 0 Å². The van der Waals surface area contributed by atoms with Crippen molar-refractivity contribution in [1.82, 2.24) is 4.90 Å². The highest BCUT2D eigenvalue weighted by atomic mass is 16.6. The Bertz CT molecular complexity index is 359. The molecule has 1 aliphatic carbocycles. The smallest absolute Gasteiger partial charge is 0.235 e. The first-order valence-corrected chi connectivity index (χ1v) is 6.92. The number of aliphatic hydroxyl groups is 1. The van der Waals surface area contributed by atoms with Crippen LogP contribution in [0.4, 0.5) is 0 Å². The average Bonchev–Trinajstić information content (AvgIpc) is 2.83. The van der Waals surface area contributed by atoms with Gasteiger partial charge in [0.05, 0.1) is 11.8 Å². The lowest BCUT2D eigenvalue weighted by Crippen LogP contribution is -2.50. The summed E-state index contributed by atoms with van der Waals surface area (Å²) in [5.41, 5.74) is 6.36. The van der Waals surface area contributed by atoms with E-state index in [1.54, 1.807) is 0 Å². The summed E-state index contributed by atoms with van der Waals surface area (Å²) in [7, 11) is 1.51. The summed E-state index contributed by atoms with van der Waals surface area (Å²) in [6.45, 7) is 0.784. The lowest BCUT2D eigenvalue weighted by molar-refractivity contribution is -0.123. The molecule has 2 rings (SSSR count). The van der Waals surface area contributed by atoms with Crippen molar-refractivity contribution in [1.29, 1.82) is 0 Å². The molecule has 3 atom stereocenters. The fraction of sp³-hybridized carbons (Fsp3) is 0.846. The zero-order chi connectivity index (χ0) is 13.8. The molecule has 1 saturated heterocycles. The van der Waals surface area contributed by atoms with Gasteiger partial charge in [0.1, 0.15) is 7.11 Å². The first-order valence-electron chi connectivity index (χ1n) is 6.92. The van der Waals surface area contributed by atoms with Crippen molar-refractivity contribution in [2.24, 2.45) is 16.8 Å². The number of nitrogens with zero attached hydrogens (tertiary/aromatic N) is 2. The fourth-order valence-electron chi connectivity index (χ4n) is 3.37. The Morgan fingerprint density at radius 3 is 2.89 bits per heavy atom. The van der Waals surface area contributed by atoms with Crippen LogP contribution in [0, 0.1) is 5.92 Å². The highest BCUT2D eigenvalue weighted by molar-refractivity contribution is 5.95. The van der Waals surface area contributed by atoms with Gasteiger partial charge in [-0.05, 0) is 18.8 Å². The van der Waals surface area contributed by atoms with Crippen molar-refractivity contribution in [3.05, 3.63) is 0 Å². The molecule has 6 nitrogen and oxygen atoms in total. The van der Waals surface area contributed by atoms with Gasteiger partial charge in [0.15, 0.2) is 0 Å². The third kappa shape index (κ3) is 3.06. The molecule has 0 spiro atoms. The highest BCUT2D eigenvalue weighted by Gasteiger charge is 2.41. The van der Waals surface area contributed by atoms with Crippen LogP contribution in [0.5, 0.6) is 0 Å². The van der Waals surface area contributed by atoms with Gasteiger partial charge in [-0.1, -0.05) is 18.0 Å². The predicted molar refractivity (Wildman–Crippen MR) is 71.6 cm³/mol. The Morgan fingerprint density at radius 1 is 1.53 bits per heavy atom. The lowest BCUT2D eigenvalue weighted by Gasteiger charge is -2.39. The van der Waals surface area contributed by atoms with Gasteiger partial charge in [-0.15, -0.1) is 0 Å². The maximum Gasteiger partial charge on any atom is 0.235 e. The molecule has 0 radical (unpaired) electrons. The molecule has 2 aliphatic rings. The van der Waals surface area contributed by atoms with Gasteiger partial charge in [-0.25, -0.2) is 0 Å². The summed E-state index contributed by atoms with van der Waals surface area (Å²) < 4.78 is 0. The van der Waals surface area contributed by atoms with Crippen LogP contribution < -0.4 is 5.73 Å². The number of likely N-dealkylation sites (tertiary alicyclic amines) is 1. The third-order valence-corrected chi connectivity index (χ3v) is 4.27. The van der Waals surface area contributed by atoms with E-state index >= 15 is 0 Å². The SMILES string of the molecule is CON=C1CC(C(N)=O)N([C@@H]2CCCC[C@H]2CO)C1. The van der Waals surface area contributed by atoms with E-state index < -0.39 is 0 Å². The van der Waals surface area contributed by atoms with Gasteiger partial charge < -0.3 is 15.7 Å². The lowest BCUT2D eigenvalue weighted by atomic mass is 9.83. The predicted octanol–water partition coefficient (Wildman–Crippen LogP) is 0.0995. The number of primary amides is 1. The minimum absolute atomic E-state index is 0.170. The molecule has 0 aromatic heterocycles. The summed E-state index contributed by atoms with van der Waals surface area (Å²) in [5.74, 6) is -0.0824. The molecule has 6 heteroatoms. The summed E-state index contributed by atoms with van der Waals surface area (Å²) in [4.78, 5) is 18.5. The molecule has 0 aromatic carbocycles. The Morgan fingerprint density at radius 2 is 2.26 bits per heavy atom. The van der Waals surface area contributed by atoms with E-state index in [4.69, 9.17) is 10.6 Å². The van der Waals surface area contributed by atoms with Crippen LogP contribution >= 0.6 is 0 Å². The maximum absolute atomic E-state index is 11.6. The van der Waals surface area contributed by atoms with Crippen molar-refractivity contribution in [2.75, 3.05) is 20.3 Å². The van der Waals surface area contributed by atoms with Crippen LogP contribution in [0.25, 0.3) is 0 Å². The zero-order valence-corrected chi connectivity index (χ0v) is 11.4. The normalized spacial score (nSPS) is 34.6. The Labute approximate surface area is 113 Å². The Hall–Kier alpha value is -1.14. The minimum Gasteiger partial charge on any atom is -0.399 e. The second-order valence-corrected chi connectivity index (χ2v) is 5.43. The second kappa shape index (κ2) is 6.34. The van der Waals surface area contributed by atoms with Crippen LogP contribution in [0.3, 0.4) is 0 Å². The van der Waals surface area contributed by atoms with Crippen molar-refractivity contribution < 1.29 is 14.7 Å². The van der Waals surface area contributed by atoms with Gasteiger partial charge in [-0.3, -0.25) is 9.69 Å². The van der Waals surface area contributed by atoms with Gasteiger partial charge in [-0.2, -0.15) is 0 Å². The van der Waals surface area contributed by atoms with E-state index in [9.17, 15) is 9.90 Å². The van der Waals surface area contributed by atoms with Crippen LogP contribution in [0.2, 0.25) is 0 Å². The van der Waals surface area contributed by atoms with Crippen LogP contribution in [0.15, 0.2) is 5.16 Å². The third-order valence-electron chi connectivity index (χ3n) is 4.27. The molecule has 1 saturated carbocycles. The second-order valence-electron chi connectivity index (χ2n) is 5.43. The van der Waals surface area contributed by atoms with E-state index in [1.807, 2.05) is 0 Å². The standard InChI is InChI=1S/C13H23N3O3/c1-19-15-10-6-12(13(14)18)16(7-10)11-5-3-2-4-9(11)8-17/h9,11-12,17H,2-8H2,1H3,(H2,14,18)/t9-,11+,12?/m0/s1. The van der Waals surface area contributed by atoms with Gasteiger partial charge in [0.25, 0.3) is 0 Å². The summed E-state index contributed by atoms with van der Waals surface area (Å²) >= 11 is 0. The number of carbonyl (C=O) groups excluding carboxylic acids is 1. The minimum atomic E-state index is -0.316. The van der Waals surface area contributed by atoms with E-state index in [0.717, 1.165) is 31.4 Å².